The molecule has 0 aromatic heterocycles. The highest BCUT2D eigenvalue weighted by atomic mass is 15.2. The molecule has 1 aliphatic carbocycles. The van der Waals surface area contributed by atoms with Crippen molar-refractivity contribution in [2.45, 2.75) is 44.6 Å². The molecular formula is C12H23N3. The number of nitrogens with zero attached hydrogens (tertiary/aromatic N) is 2. The zero-order valence-electron chi connectivity index (χ0n) is 9.84. The van der Waals surface area contributed by atoms with Crippen LogP contribution in [0.2, 0.25) is 0 Å². The molecule has 1 fully saturated rings. The predicted octanol–water partition coefficient (Wildman–Crippen LogP) is 1.64. The maximum atomic E-state index is 4.53. The van der Waals surface area contributed by atoms with Crippen LogP contribution in [0.4, 0.5) is 0 Å². The minimum atomic E-state index is 0.796. The highest BCUT2D eigenvalue weighted by Gasteiger charge is 2.19. The largest absolute Gasteiger partial charge is 0.373 e. The summed E-state index contributed by atoms with van der Waals surface area (Å²) in [6, 6.07) is 0.796. The predicted molar refractivity (Wildman–Crippen MR) is 64.4 cm³/mol. The van der Waals surface area contributed by atoms with Crippen LogP contribution in [0.15, 0.2) is 4.99 Å². The molecule has 0 amide bonds. The normalized spacial score (nSPS) is 23.7. The average Bonchev–Trinajstić information content (AvgIpc) is 2.31. The van der Waals surface area contributed by atoms with Crippen molar-refractivity contribution in [3.8, 4) is 0 Å². The summed E-state index contributed by atoms with van der Waals surface area (Å²) in [4.78, 5) is 7.01. The second-order valence-corrected chi connectivity index (χ2v) is 4.82. The molecule has 1 saturated carbocycles. The number of hydrogen-bond acceptors (Lipinski definition) is 3. The summed E-state index contributed by atoms with van der Waals surface area (Å²) in [6.07, 6.45) is 8.21. The third-order valence-electron chi connectivity index (χ3n) is 3.56. The Kier molecular flexibility index (Phi) is 4.01. The minimum Gasteiger partial charge on any atom is -0.373 e. The summed E-state index contributed by atoms with van der Waals surface area (Å²) in [5, 5.41) is 3.40. The van der Waals surface area contributed by atoms with Gasteiger partial charge in [0.15, 0.2) is 0 Å². The van der Waals surface area contributed by atoms with Gasteiger partial charge in [-0.2, -0.15) is 0 Å². The fourth-order valence-electron chi connectivity index (χ4n) is 2.57. The van der Waals surface area contributed by atoms with Gasteiger partial charge in [-0.1, -0.05) is 19.3 Å². The van der Waals surface area contributed by atoms with Crippen LogP contribution < -0.4 is 5.32 Å². The number of amidine groups is 1. The highest BCUT2D eigenvalue weighted by molar-refractivity contribution is 5.84. The van der Waals surface area contributed by atoms with Gasteiger partial charge in [-0.05, 0) is 26.3 Å². The van der Waals surface area contributed by atoms with E-state index in [0.29, 0.717) is 0 Å². The van der Waals surface area contributed by atoms with Crippen molar-refractivity contribution in [1.29, 1.82) is 0 Å². The van der Waals surface area contributed by atoms with E-state index in [9.17, 15) is 0 Å². The molecule has 0 aromatic carbocycles. The second kappa shape index (κ2) is 5.50. The van der Waals surface area contributed by atoms with Crippen molar-refractivity contribution in [1.82, 2.24) is 10.2 Å². The van der Waals surface area contributed by atoms with Gasteiger partial charge in [0, 0.05) is 19.1 Å². The minimum absolute atomic E-state index is 0.796. The summed E-state index contributed by atoms with van der Waals surface area (Å²) < 4.78 is 0. The maximum Gasteiger partial charge on any atom is 0.111 e. The Bertz CT molecular complexity index is 219. The lowest BCUT2D eigenvalue weighted by molar-refractivity contribution is 0.213. The molecule has 2 aliphatic rings. The standard InChI is InChI=1S/C12H23N3/c1-15(11-6-3-2-4-7-11)10-12-13-8-5-9-14-12/h11H,2-10H2,1H3,(H,13,14). The molecule has 0 saturated heterocycles. The van der Waals surface area contributed by atoms with Crippen LogP contribution in [0.25, 0.3) is 0 Å². The summed E-state index contributed by atoms with van der Waals surface area (Å²) in [6.45, 7) is 3.14. The van der Waals surface area contributed by atoms with E-state index >= 15 is 0 Å². The summed E-state index contributed by atoms with van der Waals surface area (Å²) in [7, 11) is 2.24. The molecule has 0 atom stereocenters. The lowest BCUT2D eigenvalue weighted by Gasteiger charge is -2.32. The van der Waals surface area contributed by atoms with Crippen LogP contribution >= 0.6 is 0 Å². The van der Waals surface area contributed by atoms with Crippen molar-refractivity contribution >= 4 is 5.84 Å². The van der Waals surface area contributed by atoms with E-state index in [1.54, 1.807) is 0 Å². The van der Waals surface area contributed by atoms with E-state index in [4.69, 9.17) is 0 Å². The first kappa shape index (κ1) is 10.9. The maximum absolute atomic E-state index is 4.53. The molecule has 0 unspecified atom stereocenters. The molecular weight excluding hydrogens is 186 g/mol. The van der Waals surface area contributed by atoms with Gasteiger partial charge in [-0.3, -0.25) is 9.89 Å². The van der Waals surface area contributed by atoms with Gasteiger partial charge in [0.25, 0.3) is 0 Å². The van der Waals surface area contributed by atoms with Crippen molar-refractivity contribution in [2.24, 2.45) is 4.99 Å². The van der Waals surface area contributed by atoms with Crippen LogP contribution in [0.1, 0.15) is 38.5 Å². The Morgan fingerprint density at radius 3 is 2.73 bits per heavy atom. The molecule has 2 rings (SSSR count). The number of nitrogens with one attached hydrogen (secondary N) is 1. The SMILES string of the molecule is CN(CC1=NCCCN1)C1CCCCC1. The molecule has 1 aliphatic heterocycles. The molecule has 0 aromatic rings. The smallest absolute Gasteiger partial charge is 0.111 e. The third kappa shape index (κ3) is 3.20. The molecule has 86 valence electrons. The second-order valence-electron chi connectivity index (χ2n) is 4.82. The summed E-state index contributed by atoms with van der Waals surface area (Å²) in [5.74, 6) is 1.20. The molecule has 3 heteroatoms. The Labute approximate surface area is 92.9 Å². The fraction of sp³-hybridized carbons (Fsp3) is 0.917. The zero-order valence-corrected chi connectivity index (χ0v) is 9.84. The summed E-state index contributed by atoms with van der Waals surface area (Å²) >= 11 is 0. The fourth-order valence-corrected chi connectivity index (χ4v) is 2.57. The van der Waals surface area contributed by atoms with Crippen molar-refractivity contribution in [2.75, 3.05) is 26.7 Å². The van der Waals surface area contributed by atoms with Crippen molar-refractivity contribution in [3.63, 3.8) is 0 Å². The van der Waals surface area contributed by atoms with Gasteiger partial charge < -0.3 is 5.32 Å². The van der Waals surface area contributed by atoms with E-state index < -0.39 is 0 Å². The number of hydrogen-bond donors (Lipinski definition) is 1. The molecule has 0 spiro atoms. The zero-order chi connectivity index (χ0) is 10.5. The van der Waals surface area contributed by atoms with E-state index in [2.05, 4.69) is 22.3 Å². The Hall–Kier alpha value is -0.570. The molecule has 1 N–H and O–H groups in total. The highest BCUT2D eigenvalue weighted by Crippen LogP contribution is 2.21. The van der Waals surface area contributed by atoms with Gasteiger partial charge in [0.2, 0.25) is 0 Å². The van der Waals surface area contributed by atoms with Gasteiger partial charge in [0.1, 0.15) is 5.84 Å². The van der Waals surface area contributed by atoms with E-state index in [-0.39, 0.29) is 0 Å². The van der Waals surface area contributed by atoms with E-state index in [0.717, 1.165) is 25.7 Å². The van der Waals surface area contributed by atoms with E-state index in [1.807, 2.05) is 0 Å². The lowest BCUT2D eigenvalue weighted by Crippen LogP contribution is -2.43. The molecule has 0 bridgehead atoms. The van der Waals surface area contributed by atoms with E-state index in [1.165, 1.54) is 44.4 Å². The first-order chi connectivity index (χ1) is 7.36. The Morgan fingerprint density at radius 1 is 1.27 bits per heavy atom. The first-order valence-electron chi connectivity index (χ1n) is 6.34. The van der Waals surface area contributed by atoms with Crippen LogP contribution in [0.3, 0.4) is 0 Å². The van der Waals surface area contributed by atoms with Crippen molar-refractivity contribution < 1.29 is 0 Å². The van der Waals surface area contributed by atoms with Crippen LogP contribution in [-0.2, 0) is 0 Å². The number of aliphatic imine (C=N–C) groups is 1. The van der Waals surface area contributed by atoms with Crippen LogP contribution in [0.5, 0.6) is 0 Å². The average molecular weight is 209 g/mol. The number of likely N-dealkylation sites (N-methyl/N-ethyl adjacent to an activating group) is 1. The first-order valence-corrected chi connectivity index (χ1v) is 6.34. The molecule has 1 heterocycles. The quantitative estimate of drug-likeness (QED) is 0.765. The lowest BCUT2D eigenvalue weighted by atomic mass is 9.94. The molecule has 3 nitrogen and oxygen atoms in total. The Balaban J connectivity index is 1.79. The monoisotopic (exact) mass is 209 g/mol. The van der Waals surface area contributed by atoms with Gasteiger partial charge in [-0.25, -0.2) is 0 Å². The topological polar surface area (TPSA) is 27.6 Å². The molecule has 15 heavy (non-hydrogen) atoms. The van der Waals surface area contributed by atoms with Gasteiger partial charge in [0.05, 0.1) is 6.54 Å². The van der Waals surface area contributed by atoms with Crippen molar-refractivity contribution in [3.05, 3.63) is 0 Å². The third-order valence-corrected chi connectivity index (χ3v) is 3.56. The Morgan fingerprint density at radius 2 is 2.07 bits per heavy atom. The number of rotatable bonds is 3. The van der Waals surface area contributed by atoms with Crippen LogP contribution in [-0.4, -0.2) is 43.5 Å². The van der Waals surface area contributed by atoms with Gasteiger partial charge >= 0.3 is 0 Å². The molecule has 0 radical (unpaired) electrons. The summed E-state index contributed by atoms with van der Waals surface area (Å²) in [5.41, 5.74) is 0. The van der Waals surface area contributed by atoms with Gasteiger partial charge in [-0.15, -0.1) is 0 Å². The van der Waals surface area contributed by atoms with Crippen LogP contribution in [0, 0.1) is 0 Å².